The fourth-order valence-corrected chi connectivity index (χ4v) is 4.42. The Morgan fingerprint density at radius 3 is 2.84 bits per heavy atom. The number of benzene rings is 1. The zero-order chi connectivity index (χ0) is 13.4. The van der Waals surface area contributed by atoms with E-state index in [4.69, 9.17) is 11.6 Å². The molecule has 2 aliphatic rings. The van der Waals surface area contributed by atoms with Crippen LogP contribution in [0.1, 0.15) is 43.7 Å². The van der Waals surface area contributed by atoms with Gasteiger partial charge in [0, 0.05) is 6.04 Å². The summed E-state index contributed by atoms with van der Waals surface area (Å²) in [5.41, 5.74) is 0.909. The van der Waals surface area contributed by atoms with E-state index in [0.29, 0.717) is 0 Å². The summed E-state index contributed by atoms with van der Waals surface area (Å²) in [6.07, 6.45) is 6.67. The molecule has 0 heterocycles. The highest BCUT2D eigenvalue weighted by molar-refractivity contribution is 6.31. The van der Waals surface area contributed by atoms with Crippen LogP contribution in [0, 0.1) is 23.6 Å². The first-order valence-electron chi connectivity index (χ1n) is 7.30. The zero-order valence-electron chi connectivity index (χ0n) is 11.3. The summed E-state index contributed by atoms with van der Waals surface area (Å²) in [5.74, 6) is 2.33. The van der Waals surface area contributed by atoms with Crippen molar-refractivity contribution in [3.63, 3.8) is 0 Å². The van der Waals surface area contributed by atoms with Gasteiger partial charge in [-0.05, 0) is 62.1 Å². The summed E-state index contributed by atoms with van der Waals surface area (Å²) in [4.78, 5) is 0. The molecule has 2 saturated carbocycles. The van der Waals surface area contributed by atoms with Crippen LogP contribution in [0.25, 0.3) is 0 Å². The molecule has 3 heteroatoms. The van der Waals surface area contributed by atoms with Gasteiger partial charge in [-0.1, -0.05) is 30.2 Å². The quantitative estimate of drug-likeness (QED) is 0.853. The fraction of sp³-hybridized carbons (Fsp3) is 0.625. The molecule has 2 aliphatic carbocycles. The third kappa shape index (κ3) is 2.53. The average molecular weight is 282 g/mol. The maximum Gasteiger partial charge on any atom is 0.142 e. The monoisotopic (exact) mass is 281 g/mol. The van der Waals surface area contributed by atoms with Crippen LogP contribution in [0.5, 0.6) is 0 Å². The molecule has 4 atom stereocenters. The Morgan fingerprint density at radius 2 is 2.21 bits per heavy atom. The van der Waals surface area contributed by atoms with E-state index in [1.165, 1.54) is 31.7 Å². The van der Waals surface area contributed by atoms with Crippen molar-refractivity contribution in [2.24, 2.45) is 17.8 Å². The molecule has 0 aromatic heterocycles. The molecule has 1 aromatic rings. The van der Waals surface area contributed by atoms with Crippen molar-refractivity contribution < 1.29 is 4.39 Å². The third-order valence-corrected chi connectivity index (χ3v) is 5.53. The number of hydrogen-bond donors (Lipinski definition) is 1. The average Bonchev–Trinajstić information content (AvgIpc) is 3.02. The van der Waals surface area contributed by atoms with Gasteiger partial charge in [0.2, 0.25) is 0 Å². The Hall–Kier alpha value is -0.600. The Kier molecular flexibility index (Phi) is 3.81. The molecule has 0 aliphatic heterocycles. The first-order valence-corrected chi connectivity index (χ1v) is 7.68. The molecule has 0 spiro atoms. The molecule has 104 valence electrons. The second-order valence-corrected chi connectivity index (χ2v) is 6.53. The van der Waals surface area contributed by atoms with E-state index in [1.807, 2.05) is 13.1 Å². The van der Waals surface area contributed by atoms with Crippen LogP contribution in [0.3, 0.4) is 0 Å². The largest absolute Gasteiger partial charge is 0.313 e. The number of fused-ring (bicyclic) bond motifs is 2. The van der Waals surface area contributed by atoms with Gasteiger partial charge in [-0.2, -0.15) is 0 Å². The Labute approximate surface area is 119 Å². The number of hydrogen-bond acceptors (Lipinski definition) is 1. The standard InChI is InChI=1S/C16H21ClFN/c1-19-15(13-3-2-4-14(18)16(13)17)9-12-8-10-5-6-11(12)7-10/h2-4,10-12,15,19H,5-9H2,1H3. The molecule has 0 saturated heterocycles. The molecule has 1 N–H and O–H groups in total. The van der Waals surface area contributed by atoms with E-state index in [-0.39, 0.29) is 16.9 Å². The van der Waals surface area contributed by atoms with E-state index in [9.17, 15) is 4.39 Å². The van der Waals surface area contributed by atoms with Crippen LogP contribution in [0.2, 0.25) is 5.02 Å². The Morgan fingerprint density at radius 1 is 1.37 bits per heavy atom. The maximum absolute atomic E-state index is 13.6. The van der Waals surface area contributed by atoms with Gasteiger partial charge in [0.15, 0.2) is 0 Å². The fourth-order valence-electron chi connectivity index (χ4n) is 4.16. The van der Waals surface area contributed by atoms with E-state index >= 15 is 0 Å². The van der Waals surface area contributed by atoms with Crippen LogP contribution in [-0.4, -0.2) is 7.05 Å². The van der Waals surface area contributed by atoms with Crippen molar-refractivity contribution in [3.8, 4) is 0 Å². The van der Waals surface area contributed by atoms with Gasteiger partial charge in [-0.15, -0.1) is 0 Å². The molecular formula is C16H21ClFN. The summed E-state index contributed by atoms with van der Waals surface area (Å²) in [6.45, 7) is 0. The lowest BCUT2D eigenvalue weighted by Gasteiger charge is -2.27. The second-order valence-electron chi connectivity index (χ2n) is 6.15. The summed E-state index contributed by atoms with van der Waals surface area (Å²) in [6, 6.07) is 5.30. The lowest BCUT2D eigenvalue weighted by Crippen LogP contribution is -2.23. The maximum atomic E-state index is 13.6. The molecular weight excluding hydrogens is 261 g/mol. The number of nitrogens with one attached hydrogen (secondary N) is 1. The van der Waals surface area contributed by atoms with Gasteiger partial charge in [-0.3, -0.25) is 0 Å². The van der Waals surface area contributed by atoms with E-state index in [0.717, 1.165) is 29.7 Å². The van der Waals surface area contributed by atoms with Crippen molar-refractivity contribution in [1.82, 2.24) is 5.32 Å². The van der Waals surface area contributed by atoms with Crippen LogP contribution in [0.15, 0.2) is 18.2 Å². The Balaban J connectivity index is 1.75. The molecule has 19 heavy (non-hydrogen) atoms. The normalized spacial score (nSPS) is 30.8. The van der Waals surface area contributed by atoms with E-state index in [2.05, 4.69) is 5.32 Å². The van der Waals surface area contributed by atoms with E-state index in [1.54, 1.807) is 6.07 Å². The topological polar surface area (TPSA) is 12.0 Å². The highest BCUT2D eigenvalue weighted by Gasteiger charge is 2.40. The van der Waals surface area contributed by atoms with Crippen LogP contribution in [0.4, 0.5) is 4.39 Å². The smallest absolute Gasteiger partial charge is 0.142 e. The molecule has 1 aromatic carbocycles. The van der Waals surface area contributed by atoms with Crippen LogP contribution < -0.4 is 5.32 Å². The van der Waals surface area contributed by atoms with Crippen LogP contribution in [-0.2, 0) is 0 Å². The van der Waals surface area contributed by atoms with Gasteiger partial charge in [-0.25, -0.2) is 4.39 Å². The first-order chi connectivity index (χ1) is 9.19. The first kappa shape index (κ1) is 13.4. The zero-order valence-corrected chi connectivity index (χ0v) is 12.1. The molecule has 4 unspecified atom stereocenters. The van der Waals surface area contributed by atoms with E-state index < -0.39 is 0 Å². The summed E-state index contributed by atoms with van der Waals surface area (Å²) in [7, 11) is 1.94. The lowest BCUT2D eigenvalue weighted by atomic mass is 9.83. The number of rotatable bonds is 4. The van der Waals surface area contributed by atoms with Crippen molar-refractivity contribution in [2.75, 3.05) is 7.05 Å². The minimum atomic E-state index is -0.313. The SMILES string of the molecule is CNC(CC1CC2CCC1C2)c1cccc(F)c1Cl. The minimum Gasteiger partial charge on any atom is -0.313 e. The molecule has 1 nitrogen and oxygen atoms in total. The summed E-state index contributed by atoms with van der Waals surface area (Å²) >= 11 is 6.12. The predicted octanol–water partition coefficient (Wildman–Crippen LogP) is 4.57. The van der Waals surface area contributed by atoms with Gasteiger partial charge >= 0.3 is 0 Å². The minimum absolute atomic E-state index is 0.174. The van der Waals surface area contributed by atoms with Gasteiger partial charge < -0.3 is 5.32 Å². The van der Waals surface area contributed by atoms with Crippen molar-refractivity contribution in [3.05, 3.63) is 34.6 Å². The predicted molar refractivity (Wildman–Crippen MR) is 76.8 cm³/mol. The molecule has 0 amide bonds. The van der Waals surface area contributed by atoms with Crippen molar-refractivity contribution in [2.45, 2.75) is 38.1 Å². The summed E-state index contributed by atoms with van der Waals surface area (Å²) < 4.78 is 13.6. The lowest BCUT2D eigenvalue weighted by molar-refractivity contribution is 0.284. The second kappa shape index (κ2) is 5.41. The highest BCUT2D eigenvalue weighted by atomic mass is 35.5. The van der Waals surface area contributed by atoms with Crippen LogP contribution >= 0.6 is 11.6 Å². The molecule has 0 radical (unpaired) electrons. The highest BCUT2D eigenvalue weighted by Crippen LogP contribution is 2.51. The third-order valence-electron chi connectivity index (χ3n) is 5.13. The van der Waals surface area contributed by atoms with Crippen molar-refractivity contribution in [1.29, 1.82) is 0 Å². The molecule has 3 rings (SSSR count). The molecule has 2 bridgehead atoms. The van der Waals surface area contributed by atoms with Gasteiger partial charge in [0.05, 0.1) is 5.02 Å². The van der Waals surface area contributed by atoms with Gasteiger partial charge in [0.1, 0.15) is 5.82 Å². The summed E-state index contributed by atoms with van der Waals surface area (Å²) in [5, 5.41) is 3.60. The van der Waals surface area contributed by atoms with Crippen molar-refractivity contribution >= 4 is 11.6 Å². The number of halogens is 2. The molecule has 2 fully saturated rings. The Bertz CT molecular complexity index is 462. The van der Waals surface area contributed by atoms with Gasteiger partial charge in [0.25, 0.3) is 0 Å².